The number of carbonyl (C=O) groups is 2. The number of urea groups is 1. The quantitative estimate of drug-likeness (QED) is 0.603. The third kappa shape index (κ3) is 4.33. The summed E-state index contributed by atoms with van der Waals surface area (Å²) in [5.74, 6) is -1.04. The summed E-state index contributed by atoms with van der Waals surface area (Å²) in [6, 6.07) is -0.534. The van der Waals surface area contributed by atoms with Crippen LogP contribution in [0.2, 0.25) is 0 Å². The fraction of sp³-hybridized carbons (Fsp3) is 0.636. The minimum absolute atomic E-state index is 0.0626. The van der Waals surface area contributed by atoms with E-state index in [4.69, 9.17) is 5.11 Å². The molecule has 2 amide bonds. The lowest BCUT2D eigenvalue weighted by Gasteiger charge is -2.25. The molecule has 2 unspecified atom stereocenters. The molecule has 0 aromatic heterocycles. The molecule has 0 heterocycles. The normalized spacial score (nSPS) is 15.7. The van der Waals surface area contributed by atoms with Crippen LogP contribution in [-0.4, -0.2) is 28.7 Å². The van der Waals surface area contributed by atoms with E-state index in [0.717, 1.165) is 0 Å². The van der Waals surface area contributed by atoms with Gasteiger partial charge in [0.2, 0.25) is 0 Å². The molecule has 0 bridgehead atoms. The molecule has 0 aliphatic carbocycles. The highest BCUT2D eigenvalue weighted by Gasteiger charge is 2.32. The minimum Gasteiger partial charge on any atom is -0.480 e. The fourth-order valence-corrected chi connectivity index (χ4v) is 1.11. The average Bonchev–Trinajstić information content (AvgIpc) is 2.17. The first-order valence-corrected chi connectivity index (χ1v) is 5.28. The van der Waals surface area contributed by atoms with Crippen molar-refractivity contribution in [3.05, 3.63) is 12.7 Å². The van der Waals surface area contributed by atoms with Gasteiger partial charge >= 0.3 is 12.0 Å². The molecule has 3 N–H and O–H groups in total. The zero-order valence-electron chi connectivity index (χ0n) is 10.0. The standard InChI is InChI=1S/C11H20N2O3/c1-5-7-8(3)12-10(16)13-11(4,6-2)9(14)15/h5,8H,1,6-7H2,2-4H3,(H,14,15)(H2,12,13,16). The van der Waals surface area contributed by atoms with Crippen molar-refractivity contribution in [3.8, 4) is 0 Å². The Hall–Kier alpha value is -1.52. The van der Waals surface area contributed by atoms with Gasteiger partial charge in [-0.2, -0.15) is 0 Å². The summed E-state index contributed by atoms with van der Waals surface area (Å²) < 4.78 is 0. The van der Waals surface area contributed by atoms with Crippen LogP contribution >= 0.6 is 0 Å². The van der Waals surface area contributed by atoms with Crippen LogP contribution in [0.4, 0.5) is 4.79 Å². The van der Waals surface area contributed by atoms with E-state index in [-0.39, 0.29) is 6.04 Å². The summed E-state index contributed by atoms with van der Waals surface area (Å²) in [5.41, 5.74) is -1.22. The smallest absolute Gasteiger partial charge is 0.329 e. The molecule has 0 saturated carbocycles. The highest BCUT2D eigenvalue weighted by Crippen LogP contribution is 2.08. The van der Waals surface area contributed by atoms with Gasteiger partial charge in [0.25, 0.3) is 0 Å². The van der Waals surface area contributed by atoms with Crippen LogP contribution in [0.25, 0.3) is 0 Å². The van der Waals surface area contributed by atoms with Crippen LogP contribution in [0, 0.1) is 0 Å². The number of nitrogens with one attached hydrogen (secondary N) is 2. The number of carbonyl (C=O) groups excluding carboxylic acids is 1. The number of carboxylic acid groups (broad SMARTS) is 1. The van der Waals surface area contributed by atoms with Crippen molar-refractivity contribution < 1.29 is 14.7 Å². The van der Waals surface area contributed by atoms with Gasteiger partial charge in [0.05, 0.1) is 0 Å². The molecule has 0 spiro atoms. The molecule has 92 valence electrons. The predicted octanol–water partition coefficient (Wildman–Crippen LogP) is 1.50. The molecule has 5 nitrogen and oxygen atoms in total. The van der Waals surface area contributed by atoms with Crippen molar-refractivity contribution in [2.24, 2.45) is 0 Å². The van der Waals surface area contributed by atoms with Crippen molar-refractivity contribution in [1.82, 2.24) is 10.6 Å². The molecule has 0 aliphatic heterocycles. The Bertz CT molecular complexity index is 278. The molecular formula is C11H20N2O3. The molecule has 2 atom stereocenters. The lowest BCUT2D eigenvalue weighted by Crippen LogP contribution is -2.56. The monoisotopic (exact) mass is 228 g/mol. The summed E-state index contributed by atoms with van der Waals surface area (Å²) in [6.45, 7) is 8.57. The molecule has 0 aromatic rings. The molecule has 0 aromatic carbocycles. The first-order chi connectivity index (χ1) is 7.35. The van der Waals surface area contributed by atoms with Gasteiger partial charge in [-0.3, -0.25) is 0 Å². The van der Waals surface area contributed by atoms with E-state index in [1.165, 1.54) is 6.92 Å². The maximum absolute atomic E-state index is 11.5. The third-order valence-electron chi connectivity index (χ3n) is 2.47. The van der Waals surface area contributed by atoms with Gasteiger partial charge in [0.15, 0.2) is 0 Å². The number of aliphatic carboxylic acids is 1. The second kappa shape index (κ2) is 6.15. The predicted molar refractivity (Wildman–Crippen MR) is 62.3 cm³/mol. The summed E-state index contributed by atoms with van der Waals surface area (Å²) >= 11 is 0. The largest absolute Gasteiger partial charge is 0.480 e. The van der Waals surface area contributed by atoms with Crippen molar-refractivity contribution in [3.63, 3.8) is 0 Å². The van der Waals surface area contributed by atoms with Gasteiger partial charge in [-0.15, -0.1) is 6.58 Å². The van der Waals surface area contributed by atoms with E-state index >= 15 is 0 Å². The number of hydrogen-bond donors (Lipinski definition) is 3. The number of amides is 2. The lowest BCUT2D eigenvalue weighted by atomic mass is 10.00. The summed E-state index contributed by atoms with van der Waals surface area (Å²) in [4.78, 5) is 22.4. The van der Waals surface area contributed by atoms with Crippen molar-refractivity contribution in [2.45, 2.75) is 45.2 Å². The Labute approximate surface area is 95.9 Å². The Morgan fingerprint density at radius 3 is 2.50 bits per heavy atom. The van der Waals surface area contributed by atoms with Crippen molar-refractivity contribution >= 4 is 12.0 Å². The van der Waals surface area contributed by atoms with E-state index in [0.29, 0.717) is 12.8 Å². The highest BCUT2D eigenvalue weighted by atomic mass is 16.4. The minimum atomic E-state index is -1.22. The third-order valence-corrected chi connectivity index (χ3v) is 2.47. The summed E-state index contributed by atoms with van der Waals surface area (Å²) in [7, 11) is 0. The van der Waals surface area contributed by atoms with E-state index < -0.39 is 17.5 Å². The van der Waals surface area contributed by atoms with E-state index in [9.17, 15) is 9.59 Å². The Morgan fingerprint density at radius 1 is 1.56 bits per heavy atom. The molecular weight excluding hydrogens is 208 g/mol. The molecule has 5 heteroatoms. The molecule has 0 aliphatic rings. The molecule has 0 saturated heterocycles. The molecule has 0 rings (SSSR count). The Balaban J connectivity index is 4.32. The Kier molecular flexibility index (Phi) is 5.56. The van der Waals surface area contributed by atoms with Crippen LogP contribution in [0.15, 0.2) is 12.7 Å². The van der Waals surface area contributed by atoms with Crippen LogP contribution in [0.3, 0.4) is 0 Å². The number of carboxylic acids is 1. The van der Waals surface area contributed by atoms with Crippen LogP contribution in [0.1, 0.15) is 33.6 Å². The number of hydrogen-bond acceptors (Lipinski definition) is 2. The Morgan fingerprint density at radius 2 is 2.12 bits per heavy atom. The van der Waals surface area contributed by atoms with Gasteiger partial charge in [0.1, 0.15) is 5.54 Å². The first kappa shape index (κ1) is 14.5. The first-order valence-electron chi connectivity index (χ1n) is 5.28. The fourth-order valence-electron chi connectivity index (χ4n) is 1.11. The maximum Gasteiger partial charge on any atom is 0.329 e. The molecule has 0 fully saturated rings. The van der Waals surface area contributed by atoms with Crippen molar-refractivity contribution in [1.29, 1.82) is 0 Å². The number of rotatable bonds is 6. The van der Waals surface area contributed by atoms with Crippen LogP contribution in [0.5, 0.6) is 0 Å². The lowest BCUT2D eigenvalue weighted by molar-refractivity contribution is -0.143. The topological polar surface area (TPSA) is 78.4 Å². The second-order valence-electron chi connectivity index (χ2n) is 4.01. The van der Waals surface area contributed by atoms with Gasteiger partial charge in [0, 0.05) is 6.04 Å². The van der Waals surface area contributed by atoms with Gasteiger partial charge < -0.3 is 15.7 Å². The summed E-state index contributed by atoms with van der Waals surface area (Å²) in [6.07, 6.45) is 2.66. The van der Waals surface area contributed by atoms with E-state index in [1.54, 1.807) is 13.0 Å². The van der Waals surface area contributed by atoms with Gasteiger partial charge in [-0.1, -0.05) is 13.0 Å². The van der Waals surface area contributed by atoms with Gasteiger partial charge in [-0.25, -0.2) is 9.59 Å². The highest BCUT2D eigenvalue weighted by molar-refractivity contribution is 5.85. The van der Waals surface area contributed by atoms with E-state index in [2.05, 4.69) is 17.2 Å². The SMILES string of the molecule is C=CCC(C)NC(=O)NC(C)(CC)C(=O)O. The van der Waals surface area contributed by atoms with Crippen molar-refractivity contribution in [2.75, 3.05) is 0 Å². The van der Waals surface area contributed by atoms with Crippen LogP contribution in [-0.2, 0) is 4.79 Å². The van der Waals surface area contributed by atoms with E-state index in [1.807, 2.05) is 6.92 Å². The second-order valence-corrected chi connectivity index (χ2v) is 4.01. The maximum atomic E-state index is 11.5. The zero-order valence-corrected chi connectivity index (χ0v) is 10.0. The average molecular weight is 228 g/mol. The molecule has 0 radical (unpaired) electrons. The van der Waals surface area contributed by atoms with Crippen LogP contribution < -0.4 is 10.6 Å². The van der Waals surface area contributed by atoms with Gasteiger partial charge in [-0.05, 0) is 26.7 Å². The zero-order chi connectivity index (χ0) is 12.8. The summed E-state index contributed by atoms with van der Waals surface area (Å²) in [5, 5.41) is 14.0. The molecule has 16 heavy (non-hydrogen) atoms.